The molecule has 0 saturated carbocycles. The third kappa shape index (κ3) is 3.77. The number of hydrogen-bond donors (Lipinski definition) is 1. The zero-order chi connectivity index (χ0) is 20.4. The molecule has 2 aromatic carbocycles. The summed E-state index contributed by atoms with van der Waals surface area (Å²) in [6, 6.07) is 13.3. The van der Waals surface area contributed by atoms with Crippen molar-refractivity contribution >= 4 is 11.6 Å². The predicted octanol–water partition coefficient (Wildman–Crippen LogP) is 3.97. The molecule has 0 unspecified atom stereocenters. The molecule has 1 amide bonds. The van der Waals surface area contributed by atoms with Crippen molar-refractivity contribution in [1.82, 2.24) is 24.8 Å². The van der Waals surface area contributed by atoms with Gasteiger partial charge in [0, 0.05) is 5.69 Å². The molecule has 2 aromatic heterocycles. The molecule has 146 valence electrons. The number of hydrogen-bond acceptors (Lipinski definition) is 4. The molecule has 4 aromatic rings. The van der Waals surface area contributed by atoms with E-state index in [0.29, 0.717) is 16.9 Å². The molecule has 0 atom stereocenters. The molecule has 4 rings (SSSR count). The maximum atomic E-state index is 13.3. The molecule has 0 bridgehead atoms. The van der Waals surface area contributed by atoms with E-state index < -0.39 is 0 Å². The molecule has 8 heteroatoms. The molecular weight excluding hydrogens is 371 g/mol. The second-order valence-electron chi connectivity index (χ2n) is 6.84. The van der Waals surface area contributed by atoms with Gasteiger partial charge in [-0.3, -0.25) is 4.79 Å². The van der Waals surface area contributed by atoms with E-state index >= 15 is 0 Å². The van der Waals surface area contributed by atoms with Gasteiger partial charge in [0.15, 0.2) is 0 Å². The normalized spacial score (nSPS) is 11.0. The Morgan fingerprint density at radius 3 is 2.34 bits per heavy atom. The minimum absolute atomic E-state index is 0.0398. The molecule has 29 heavy (non-hydrogen) atoms. The molecule has 2 heterocycles. The van der Waals surface area contributed by atoms with E-state index in [2.05, 4.69) is 20.7 Å². The van der Waals surface area contributed by atoms with Gasteiger partial charge in [-0.25, -0.2) is 13.8 Å². The lowest BCUT2D eigenvalue weighted by molar-refractivity contribution is 0.102. The fraction of sp³-hybridized carbons (Fsp3) is 0.143. The van der Waals surface area contributed by atoms with E-state index in [1.165, 1.54) is 18.3 Å². The number of aromatic nitrogens is 5. The summed E-state index contributed by atoms with van der Waals surface area (Å²) in [5, 5.41) is 15.0. The lowest BCUT2D eigenvalue weighted by Crippen LogP contribution is -2.15. The number of rotatable bonds is 5. The van der Waals surface area contributed by atoms with Crippen LogP contribution in [0.2, 0.25) is 0 Å². The van der Waals surface area contributed by atoms with Crippen LogP contribution in [0.4, 0.5) is 10.1 Å². The third-order valence-corrected chi connectivity index (χ3v) is 4.48. The van der Waals surface area contributed by atoms with Crippen molar-refractivity contribution < 1.29 is 9.18 Å². The SMILES string of the molecule is CC(C)c1c(C(=O)Nc2ccc(-n3ccnn3)cc2)cnn1-c1ccc(F)cc1. The Hall–Kier alpha value is -3.81. The number of carbonyl (C=O) groups excluding carboxylic acids is 1. The van der Waals surface area contributed by atoms with Crippen LogP contribution in [0.15, 0.2) is 67.1 Å². The second-order valence-corrected chi connectivity index (χ2v) is 6.84. The van der Waals surface area contributed by atoms with Crippen LogP contribution in [-0.2, 0) is 0 Å². The smallest absolute Gasteiger partial charge is 0.259 e. The van der Waals surface area contributed by atoms with Gasteiger partial charge in [0.1, 0.15) is 5.82 Å². The molecule has 0 aliphatic carbocycles. The molecule has 0 aliphatic rings. The first kappa shape index (κ1) is 18.5. The van der Waals surface area contributed by atoms with Gasteiger partial charge in [0.2, 0.25) is 0 Å². The van der Waals surface area contributed by atoms with Gasteiger partial charge in [0.25, 0.3) is 5.91 Å². The second kappa shape index (κ2) is 7.67. The highest BCUT2D eigenvalue weighted by molar-refractivity contribution is 6.05. The Morgan fingerprint density at radius 2 is 1.72 bits per heavy atom. The number of nitrogens with one attached hydrogen (secondary N) is 1. The van der Waals surface area contributed by atoms with Crippen LogP contribution in [0, 0.1) is 5.82 Å². The Morgan fingerprint density at radius 1 is 1.03 bits per heavy atom. The Labute approximate surface area is 166 Å². The van der Waals surface area contributed by atoms with Crippen molar-refractivity contribution in [2.45, 2.75) is 19.8 Å². The quantitative estimate of drug-likeness (QED) is 0.559. The molecule has 0 fully saturated rings. The van der Waals surface area contributed by atoms with Crippen LogP contribution >= 0.6 is 0 Å². The largest absolute Gasteiger partial charge is 0.322 e. The van der Waals surface area contributed by atoms with E-state index in [-0.39, 0.29) is 17.6 Å². The molecule has 0 radical (unpaired) electrons. The van der Waals surface area contributed by atoms with E-state index in [9.17, 15) is 9.18 Å². The molecule has 7 nitrogen and oxygen atoms in total. The fourth-order valence-electron chi connectivity index (χ4n) is 3.12. The summed E-state index contributed by atoms with van der Waals surface area (Å²) in [5.74, 6) is -0.534. The lowest BCUT2D eigenvalue weighted by atomic mass is 10.0. The van der Waals surface area contributed by atoms with Gasteiger partial charge in [-0.1, -0.05) is 19.1 Å². The molecule has 0 saturated heterocycles. The predicted molar refractivity (Wildman–Crippen MR) is 107 cm³/mol. The van der Waals surface area contributed by atoms with Crippen molar-refractivity contribution in [2.75, 3.05) is 5.32 Å². The maximum absolute atomic E-state index is 13.3. The zero-order valence-electron chi connectivity index (χ0n) is 16.0. The minimum Gasteiger partial charge on any atom is -0.322 e. The average molecular weight is 390 g/mol. The number of halogens is 1. The first-order valence-corrected chi connectivity index (χ1v) is 9.15. The van der Waals surface area contributed by atoms with Gasteiger partial charge >= 0.3 is 0 Å². The van der Waals surface area contributed by atoms with Crippen LogP contribution in [0.1, 0.15) is 35.8 Å². The van der Waals surface area contributed by atoms with E-state index in [1.54, 1.807) is 46.0 Å². The van der Waals surface area contributed by atoms with Crippen molar-refractivity contribution in [3.63, 3.8) is 0 Å². The number of carbonyl (C=O) groups is 1. The summed E-state index contributed by atoms with van der Waals surface area (Å²) in [5.41, 5.74) is 3.43. The van der Waals surface area contributed by atoms with Crippen LogP contribution in [0.25, 0.3) is 11.4 Å². The number of benzene rings is 2. The summed E-state index contributed by atoms with van der Waals surface area (Å²) >= 11 is 0. The van der Waals surface area contributed by atoms with Gasteiger partial charge in [-0.2, -0.15) is 5.10 Å². The highest BCUT2D eigenvalue weighted by Gasteiger charge is 2.21. The van der Waals surface area contributed by atoms with Crippen LogP contribution in [0.3, 0.4) is 0 Å². The number of amides is 1. The molecular formula is C21H19FN6O. The first-order chi connectivity index (χ1) is 14.0. The Balaban J connectivity index is 1.59. The highest BCUT2D eigenvalue weighted by Crippen LogP contribution is 2.24. The Kier molecular flexibility index (Phi) is 4.90. The van der Waals surface area contributed by atoms with Gasteiger partial charge in [-0.05, 0) is 54.4 Å². The molecule has 0 spiro atoms. The average Bonchev–Trinajstić information content (AvgIpc) is 3.39. The Bertz CT molecular complexity index is 1120. The topological polar surface area (TPSA) is 77.6 Å². The van der Waals surface area contributed by atoms with Crippen LogP contribution < -0.4 is 5.32 Å². The monoisotopic (exact) mass is 390 g/mol. The zero-order valence-corrected chi connectivity index (χ0v) is 16.0. The standard InChI is InChI=1S/C21H19FN6O/c1-14(2)20-19(13-24-28(20)18-7-3-15(22)4-8-18)21(29)25-16-5-9-17(10-6-16)27-12-11-23-26-27/h3-14H,1-2H3,(H,25,29). The van der Waals surface area contributed by atoms with Gasteiger partial charge < -0.3 is 5.32 Å². The summed E-state index contributed by atoms with van der Waals surface area (Å²) in [7, 11) is 0. The van der Waals surface area contributed by atoms with E-state index in [4.69, 9.17) is 0 Å². The van der Waals surface area contributed by atoms with Crippen molar-refractivity contribution in [3.05, 3.63) is 84.2 Å². The van der Waals surface area contributed by atoms with Gasteiger partial charge in [0.05, 0.1) is 41.2 Å². The molecule has 0 aliphatic heterocycles. The van der Waals surface area contributed by atoms with Crippen LogP contribution in [0.5, 0.6) is 0 Å². The van der Waals surface area contributed by atoms with E-state index in [1.807, 2.05) is 26.0 Å². The van der Waals surface area contributed by atoms with Crippen molar-refractivity contribution in [1.29, 1.82) is 0 Å². The number of anilines is 1. The first-order valence-electron chi connectivity index (χ1n) is 9.15. The summed E-state index contributed by atoms with van der Waals surface area (Å²) in [6.07, 6.45) is 4.88. The summed E-state index contributed by atoms with van der Waals surface area (Å²) in [6.45, 7) is 3.97. The third-order valence-electron chi connectivity index (χ3n) is 4.48. The highest BCUT2D eigenvalue weighted by atomic mass is 19.1. The van der Waals surface area contributed by atoms with Crippen molar-refractivity contribution in [2.24, 2.45) is 0 Å². The van der Waals surface area contributed by atoms with Crippen LogP contribution in [-0.4, -0.2) is 30.7 Å². The summed E-state index contributed by atoms with van der Waals surface area (Å²) in [4.78, 5) is 12.9. The molecule has 1 N–H and O–H groups in total. The fourth-order valence-corrected chi connectivity index (χ4v) is 3.12. The maximum Gasteiger partial charge on any atom is 0.259 e. The summed E-state index contributed by atoms with van der Waals surface area (Å²) < 4.78 is 16.6. The van der Waals surface area contributed by atoms with E-state index in [0.717, 1.165) is 11.4 Å². The minimum atomic E-state index is -0.320. The van der Waals surface area contributed by atoms with Crippen molar-refractivity contribution in [3.8, 4) is 11.4 Å². The number of nitrogens with zero attached hydrogens (tertiary/aromatic N) is 5. The van der Waals surface area contributed by atoms with Gasteiger partial charge in [-0.15, -0.1) is 5.10 Å². The lowest BCUT2D eigenvalue weighted by Gasteiger charge is -2.13.